The van der Waals surface area contributed by atoms with Crippen molar-refractivity contribution in [3.8, 4) is 0 Å². The van der Waals surface area contributed by atoms with Crippen LogP contribution in [0.1, 0.15) is 28.3 Å². The number of para-hydroxylation sites is 1. The first-order valence-electron chi connectivity index (χ1n) is 8.37. The van der Waals surface area contributed by atoms with Crippen molar-refractivity contribution in [1.29, 1.82) is 0 Å². The first-order chi connectivity index (χ1) is 12.7. The molecular weight excluding hydrogens is 382 g/mol. The van der Waals surface area contributed by atoms with Gasteiger partial charge in [-0.25, -0.2) is 17.7 Å². The van der Waals surface area contributed by atoms with Crippen LogP contribution in [-0.2, 0) is 10.0 Å². The zero-order valence-corrected chi connectivity index (χ0v) is 17.2. The van der Waals surface area contributed by atoms with E-state index in [9.17, 15) is 13.2 Å². The van der Waals surface area contributed by atoms with E-state index in [-0.39, 0.29) is 16.8 Å². The number of benzene rings is 2. The molecule has 0 saturated heterocycles. The predicted octanol–water partition coefficient (Wildman–Crippen LogP) is 3.38. The number of hydrogen-bond donors (Lipinski definition) is 0. The molecule has 0 unspecified atom stereocenters. The molecule has 3 rings (SSSR count). The lowest BCUT2D eigenvalue weighted by atomic mass is 10.2. The summed E-state index contributed by atoms with van der Waals surface area (Å²) in [6, 6.07) is 13.7. The van der Waals surface area contributed by atoms with Crippen LogP contribution in [0.4, 0.5) is 0 Å². The van der Waals surface area contributed by atoms with Crippen molar-refractivity contribution >= 4 is 37.5 Å². The van der Waals surface area contributed by atoms with Gasteiger partial charge in [0.1, 0.15) is 5.01 Å². The summed E-state index contributed by atoms with van der Waals surface area (Å²) in [5, 5.41) is 0.860. The Balaban J connectivity index is 1.82. The van der Waals surface area contributed by atoms with Crippen LogP contribution in [-0.4, -0.2) is 49.7 Å². The zero-order valence-electron chi connectivity index (χ0n) is 15.6. The molecule has 0 bridgehead atoms. The Hall–Kier alpha value is -2.29. The normalized spacial score (nSPS) is 13.1. The molecule has 0 saturated carbocycles. The van der Waals surface area contributed by atoms with Gasteiger partial charge < -0.3 is 4.90 Å². The van der Waals surface area contributed by atoms with Gasteiger partial charge in [-0.3, -0.25) is 4.79 Å². The number of carbonyl (C=O) groups is 1. The summed E-state index contributed by atoms with van der Waals surface area (Å²) in [6.45, 7) is 1.93. The molecule has 0 aliphatic carbocycles. The van der Waals surface area contributed by atoms with Crippen molar-refractivity contribution in [2.75, 3.05) is 21.1 Å². The van der Waals surface area contributed by atoms with Crippen molar-refractivity contribution in [3.63, 3.8) is 0 Å². The maximum atomic E-state index is 12.8. The van der Waals surface area contributed by atoms with Gasteiger partial charge in [0.25, 0.3) is 5.91 Å². The van der Waals surface area contributed by atoms with Gasteiger partial charge in [0, 0.05) is 26.7 Å². The molecule has 6 nitrogen and oxygen atoms in total. The van der Waals surface area contributed by atoms with Crippen LogP contribution in [0.5, 0.6) is 0 Å². The summed E-state index contributed by atoms with van der Waals surface area (Å²) in [5.74, 6) is -0.185. The second-order valence-electron chi connectivity index (χ2n) is 6.42. The van der Waals surface area contributed by atoms with E-state index in [1.54, 1.807) is 35.4 Å². The van der Waals surface area contributed by atoms with Crippen LogP contribution < -0.4 is 0 Å². The van der Waals surface area contributed by atoms with Crippen LogP contribution >= 0.6 is 11.3 Å². The number of thiazole rings is 1. The number of hydrogen-bond acceptors (Lipinski definition) is 5. The number of carbonyl (C=O) groups excluding carboxylic acids is 1. The molecular formula is C19H21N3O3S2. The fraction of sp³-hybridized carbons (Fsp3) is 0.263. The van der Waals surface area contributed by atoms with Gasteiger partial charge in [0.05, 0.1) is 21.2 Å². The zero-order chi connectivity index (χ0) is 19.8. The number of aromatic nitrogens is 1. The van der Waals surface area contributed by atoms with E-state index < -0.39 is 10.0 Å². The van der Waals surface area contributed by atoms with Gasteiger partial charge in [-0.2, -0.15) is 0 Å². The molecule has 0 radical (unpaired) electrons. The second kappa shape index (κ2) is 7.38. The fourth-order valence-electron chi connectivity index (χ4n) is 2.59. The summed E-state index contributed by atoms with van der Waals surface area (Å²) < 4.78 is 26.5. The van der Waals surface area contributed by atoms with Gasteiger partial charge in [0.2, 0.25) is 10.0 Å². The Morgan fingerprint density at radius 2 is 1.67 bits per heavy atom. The molecule has 1 aromatic heterocycles. The standard InChI is InChI=1S/C19H21N3O3S2/c1-13(18-20-16-7-5-6-8-17(16)26-18)22(4)19(23)14-9-11-15(12-10-14)27(24,25)21(2)3/h5-13H,1-4H3/t13-/m0/s1. The van der Waals surface area contributed by atoms with Crippen molar-refractivity contribution < 1.29 is 13.2 Å². The molecule has 142 valence electrons. The van der Waals surface area contributed by atoms with Gasteiger partial charge >= 0.3 is 0 Å². The number of nitrogens with zero attached hydrogens (tertiary/aromatic N) is 3. The minimum atomic E-state index is -3.51. The Kier molecular flexibility index (Phi) is 5.32. The molecule has 1 amide bonds. The van der Waals surface area contributed by atoms with Gasteiger partial charge in [-0.05, 0) is 43.3 Å². The summed E-state index contributed by atoms with van der Waals surface area (Å²) in [6.07, 6.45) is 0. The number of sulfonamides is 1. The maximum absolute atomic E-state index is 12.8. The van der Waals surface area contributed by atoms with Crippen molar-refractivity contribution in [1.82, 2.24) is 14.2 Å². The van der Waals surface area contributed by atoms with E-state index in [4.69, 9.17) is 0 Å². The van der Waals surface area contributed by atoms with E-state index >= 15 is 0 Å². The van der Waals surface area contributed by atoms with Crippen LogP contribution in [0, 0.1) is 0 Å². The molecule has 1 heterocycles. The Bertz CT molecular complexity index is 1040. The average molecular weight is 404 g/mol. The minimum Gasteiger partial charge on any atom is -0.333 e. The highest BCUT2D eigenvalue weighted by molar-refractivity contribution is 7.89. The van der Waals surface area contributed by atoms with E-state index in [1.165, 1.54) is 26.2 Å². The summed E-state index contributed by atoms with van der Waals surface area (Å²) in [5.41, 5.74) is 1.35. The van der Waals surface area contributed by atoms with E-state index in [0.29, 0.717) is 5.56 Å². The third-order valence-electron chi connectivity index (χ3n) is 4.45. The first-order valence-corrected chi connectivity index (χ1v) is 10.6. The minimum absolute atomic E-state index is 0.158. The van der Waals surface area contributed by atoms with Crippen LogP contribution in [0.2, 0.25) is 0 Å². The molecule has 0 spiro atoms. The van der Waals surface area contributed by atoms with Gasteiger partial charge in [-0.1, -0.05) is 12.1 Å². The Morgan fingerprint density at radius 3 is 2.26 bits per heavy atom. The van der Waals surface area contributed by atoms with Gasteiger partial charge in [-0.15, -0.1) is 11.3 Å². The quantitative estimate of drug-likeness (QED) is 0.655. The molecule has 2 aromatic carbocycles. The molecule has 0 fully saturated rings. The largest absolute Gasteiger partial charge is 0.333 e. The fourth-order valence-corrected chi connectivity index (χ4v) is 4.56. The summed E-state index contributed by atoms with van der Waals surface area (Å²) in [7, 11) is 1.16. The lowest BCUT2D eigenvalue weighted by Crippen LogP contribution is -2.29. The molecule has 1 atom stereocenters. The highest BCUT2D eigenvalue weighted by Gasteiger charge is 2.23. The van der Waals surface area contributed by atoms with E-state index in [2.05, 4.69) is 4.98 Å². The monoisotopic (exact) mass is 403 g/mol. The second-order valence-corrected chi connectivity index (χ2v) is 9.64. The Labute approximate surface area is 163 Å². The smallest absolute Gasteiger partial charge is 0.254 e. The molecule has 3 aromatic rings. The number of rotatable bonds is 5. The SMILES string of the molecule is C[C@@H](c1nc2ccccc2s1)N(C)C(=O)c1ccc(S(=O)(=O)N(C)C)cc1. The molecule has 0 N–H and O–H groups in total. The lowest BCUT2D eigenvalue weighted by Gasteiger charge is -2.23. The highest BCUT2D eigenvalue weighted by Crippen LogP contribution is 2.29. The Morgan fingerprint density at radius 1 is 1.04 bits per heavy atom. The number of fused-ring (bicyclic) bond motifs is 1. The average Bonchev–Trinajstić information content (AvgIpc) is 3.10. The highest BCUT2D eigenvalue weighted by atomic mass is 32.2. The molecule has 0 aliphatic rings. The molecule has 8 heteroatoms. The molecule has 0 aliphatic heterocycles. The molecule has 27 heavy (non-hydrogen) atoms. The maximum Gasteiger partial charge on any atom is 0.254 e. The summed E-state index contributed by atoms with van der Waals surface area (Å²) in [4.78, 5) is 19.2. The number of amides is 1. The first kappa shape index (κ1) is 19.5. The third-order valence-corrected chi connectivity index (χ3v) is 7.48. The van der Waals surface area contributed by atoms with Crippen LogP contribution in [0.25, 0.3) is 10.2 Å². The van der Waals surface area contributed by atoms with E-state index in [0.717, 1.165) is 19.5 Å². The van der Waals surface area contributed by atoms with Crippen molar-refractivity contribution in [3.05, 3.63) is 59.1 Å². The van der Waals surface area contributed by atoms with E-state index in [1.807, 2.05) is 31.2 Å². The lowest BCUT2D eigenvalue weighted by molar-refractivity contribution is 0.0742. The van der Waals surface area contributed by atoms with Crippen LogP contribution in [0.3, 0.4) is 0 Å². The predicted molar refractivity (Wildman–Crippen MR) is 107 cm³/mol. The third kappa shape index (κ3) is 3.73. The van der Waals surface area contributed by atoms with Gasteiger partial charge in [0.15, 0.2) is 0 Å². The topological polar surface area (TPSA) is 70.6 Å². The van der Waals surface area contributed by atoms with Crippen LogP contribution in [0.15, 0.2) is 53.4 Å². The summed E-state index contributed by atoms with van der Waals surface area (Å²) >= 11 is 1.57. The van der Waals surface area contributed by atoms with Crippen molar-refractivity contribution in [2.24, 2.45) is 0 Å². The van der Waals surface area contributed by atoms with Crippen molar-refractivity contribution in [2.45, 2.75) is 17.9 Å².